The van der Waals surface area contributed by atoms with E-state index in [0.29, 0.717) is 16.8 Å². The van der Waals surface area contributed by atoms with E-state index in [1.165, 1.54) is 10.3 Å². The number of thiazole rings is 1. The van der Waals surface area contributed by atoms with E-state index in [9.17, 15) is 4.79 Å². The van der Waals surface area contributed by atoms with Crippen molar-refractivity contribution >= 4 is 53.4 Å². The van der Waals surface area contributed by atoms with Gasteiger partial charge in [-0.05, 0) is 48.9 Å². The summed E-state index contributed by atoms with van der Waals surface area (Å²) in [5.41, 5.74) is 3.61. The third-order valence-corrected chi connectivity index (χ3v) is 5.73. The first-order valence-corrected chi connectivity index (χ1v) is 9.31. The van der Waals surface area contributed by atoms with Gasteiger partial charge in [-0.3, -0.25) is 4.40 Å². The molecule has 0 aliphatic carbocycles. The van der Waals surface area contributed by atoms with Gasteiger partial charge in [-0.1, -0.05) is 33.3 Å². The van der Waals surface area contributed by atoms with Crippen LogP contribution in [0, 0.1) is 6.92 Å². The van der Waals surface area contributed by atoms with E-state index in [2.05, 4.69) is 46.0 Å². The number of hydrogen-bond acceptors (Lipinski definition) is 4. The fraction of sp³-hybridized carbons (Fsp3) is 0.0526. The average molecular weight is 411 g/mol. The van der Waals surface area contributed by atoms with Crippen LogP contribution in [0.25, 0.3) is 37.4 Å². The van der Waals surface area contributed by atoms with Crippen LogP contribution in [-0.4, -0.2) is 9.38 Å². The second-order valence-corrected chi connectivity index (χ2v) is 7.91. The molecule has 4 nitrogen and oxygen atoms in total. The highest BCUT2D eigenvalue weighted by molar-refractivity contribution is 9.10. The normalized spacial score (nSPS) is 11.8. The number of benzene rings is 2. The Morgan fingerprint density at radius 3 is 2.92 bits per heavy atom. The van der Waals surface area contributed by atoms with Crippen molar-refractivity contribution in [2.75, 3.05) is 0 Å². The summed E-state index contributed by atoms with van der Waals surface area (Å²) in [5.74, 6) is 0. The van der Waals surface area contributed by atoms with Gasteiger partial charge in [-0.15, -0.1) is 0 Å². The Labute approximate surface area is 154 Å². The molecule has 0 aliphatic heterocycles. The summed E-state index contributed by atoms with van der Waals surface area (Å²) in [6.07, 6.45) is 1.90. The van der Waals surface area contributed by atoms with Gasteiger partial charge in [0, 0.05) is 16.1 Å². The van der Waals surface area contributed by atoms with Crippen molar-refractivity contribution in [3.05, 3.63) is 69.1 Å². The molecular weight excluding hydrogens is 400 g/mol. The molecule has 122 valence electrons. The van der Waals surface area contributed by atoms with Crippen molar-refractivity contribution in [3.8, 4) is 11.3 Å². The minimum absolute atomic E-state index is 0.374. The Morgan fingerprint density at radius 1 is 1.16 bits per heavy atom. The van der Waals surface area contributed by atoms with Crippen molar-refractivity contribution in [3.63, 3.8) is 0 Å². The van der Waals surface area contributed by atoms with Gasteiger partial charge in [0.25, 0.3) is 0 Å². The molecule has 0 bridgehead atoms. The lowest BCUT2D eigenvalue weighted by Gasteiger charge is -2.00. The first-order chi connectivity index (χ1) is 12.1. The third-order valence-electron chi connectivity index (χ3n) is 4.22. The summed E-state index contributed by atoms with van der Waals surface area (Å²) < 4.78 is 9.60. The smallest absolute Gasteiger partial charge is 0.345 e. The molecule has 3 heterocycles. The molecule has 0 aliphatic rings. The lowest BCUT2D eigenvalue weighted by atomic mass is 10.1. The first-order valence-electron chi connectivity index (χ1n) is 7.70. The van der Waals surface area contributed by atoms with E-state index in [4.69, 9.17) is 4.42 Å². The second-order valence-electron chi connectivity index (χ2n) is 5.98. The van der Waals surface area contributed by atoms with Crippen LogP contribution < -0.4 is 5.63 Å². The zero-order chi connectivity index (χ0) is 17.1. The highest BCUT2D eigenvalue weighted by Gasteiger charge is 2.14. The molecule has 25 heavy (non-hydrogen) atoms. The van der Waals surface area contributed by atoms with E-state index >= 15 is 0 Å². The van der Waals surface area contributed by atoms with Crippen LogP contribution in [0.1, 0.15) is 5.56 Å². The van der Waals surface area contributed by atoms with E-state index in [0.717, 1.165) is 20.3 Å². The Kier molecular flexibility index (Phi) is 3.14. The first kappa shape index (κ1) is 14.9. The lowest BCUT2D eigenvalue weighted by molar-refractivity contribution is 0.563. The maximum absolute atomic E-state index is 12.4. The highest BCUT2D eigenvalue weighted by Crippen LogP contribution is 2.30. The molecule has 0 saturated heterocycles. The average Bonchev–Trinajstić information content (AvgIpc) is 3.11. The quantitative estimate of drug-likeness (QED) is 0.348. The standard InChI is InChI=1S/C19H11BrN2O2S/c1-10-2-4-15-17(6-10)25-19-21-14(9-22(15)19)13-8-11-7-12(20)3-5-16(11)24-18(13)23/h2-9H,1H3. The predicted octanol–water partition coefficient (Wildman–Crippen LogP) is 5.39. The van der Waals surface area contributed by atoms with Gasteiger partial charge in [0.05, 0.1) is 21.5 Å². The number of rotatable bonds is 1. The van der Waals surface area contributed by atoms with Crippen molar-refractivity contribution in [1.29, 1.82) is 0 Å². The third kappa shape index (κ3) is 2.33. The fourth-order valence-corrected chi connectivity index (χ4v) is 4.50. The van der Waals surface area contributed by atoms with Crippen LogP contribution in [0.4, 0.5) is 0 Å². The van der Waals surface area contributed by atoms with Gasteiger partial charge in [0.15, 0.2) is 4.96 Å². The number of halogens is 1. The molecule has 0 N–H and O–H groups in total. The number of aromatic nitrogens is 2. The molecule has 0 radical (unpaired) electrons. The van der Waals surface area contributed by atoms with Crippen LogP contribution in [-0.2, 0) is 0 Å². The minimum Gasteiger partial charge on any atom is -0.422 e. The highest BCUT2D eigenvalue weighted by atomic mass is 79.9. The molecule has 0 saturated carbocycles. The molecule has 5 aromatic rings. The number of nitrogens with zero attached hydrogens (tertiary/aromatic N) is 2. The maximum Gasteiger partial charge on any atom is 0.345 e. The summed E-state index contributed by atoms with van der Waals surface area (Å²) in [6, 6.07) is 13.7. The molecule has 2 aromatic carbocycles. The molecule has 0 amide bonds. The molecule has 0 unspecified atom stereocenters. The van der Waals surface area contributed by atoms with E-state index < -0.39 is 0 Å². The predicted molar refractivity (Wildman–Crippen MR) is 104 cm³/mol. The Bertz CT molecular complexity index is 1350. The van der Waals surface area contributed by atoms with Crippen LogP contribution in [0.2, 0.25) is 0 Å². The zero-order valence-corrected chi connectivity index (χ0v) is 15.5. The molecule has 3 aromatic heterocycles. The van der Waals surface area contributed by atoms with Gasteiger partial charge < -0.3 is 4.42 Å². The van der Waals surface area contributed by atoms with Crippen LogP contribution in [0.15, 0.2) is 62.3 Å². The van der Waals surface area contributed by atoms with Gasteiger partial charge in [0.2, 0.25) is 0 Å². The zero-order valence-electron chi connectivity index (χ0n) is 13.1. The van der Waals surface area contributed by atoms with Crippen LogP contribution >= 0.6 is 27.3 Å². The van der Waals surface area contributed by atoms with Crippen molar-refractivity contribution in [1.82, 2.24) is 9.38 Å². The van der Waals surface area contributed by atoms with Crippen LogP contribution in [0.3, 0.4) is 0 Å². The molecule has 0 atom stereocenters. The van der Waals surface area contributed by atoms with Gasteiger partial charge in [-0.25, -0.2) is 9.78 Å². The maximum atomic E-state index is 12.4. The molecular formula is C19H11BrN2O2S. The topological polar surface area (TPSA) is 47.5 Å². The largest absolute Gasteiger partial charge is 0.422 e. The summed E-state index contributed by atoms with van der Waals surface area (Å²) in [5, 5.41) is 0.862. The molecule has 5 rings (SSSR count). The Balaban J connectivity index is 1.76. The summed E-state index contributed by atoms with van der Waals surface area (Å²) in [4.78, 5) is 17.9. The van der Waals surface area contributed by atoms with Gasteiger partial charge in [-0.2, -0.15) is 0 Å². The van der Waals surface area contributed by atoms with E-state index in [1.54, 1.807) is 17.4 Å². The van der Waals surface area contributed by atoms with E-state index in [-0.39, 0.29) is 5.63 Å². The number of imidazole rings is 1. The van der Waals surface area contributed by atoms with Crippen molar-refractivity contribution in [2.24, 2.45) is 0 Å². The molecule has 0 spiro atoms. The summed E-state index contributed by atoms with van der Waals surface area (Å²) >= 11 is 5.06. The van der Waals surface area contributed by atoms with Crippen LogP contribution in [0.5, 0.6) is 0 Å². The fourth-order valence-electron chi connectivity index (χ4n) is 3.01. The number of hydrogen-bond donors (Lipinski definition) is 0. The monoisotopic (exact) mass is 410 g/mol. The van der Waals surface area contributed by atoms with Gasteiger partial charge in [0.1, 0.15) is 5.58 Å². The van der Waals surface area contributed by atoms with E-state index in [1.807, 2.05) is 28.8 Å². The number of fused-ring (bicyclic) bond motifs is 4. The second kappa shape index (κ2) is 5.28. The number of aryl methyl sites for hydroxylation is 1. The van der Waals surface area contributed by atoms with Crippen molar-refractivity contribution in [2.45, 2.75) is 6.92 Å². The molecule has 6 heteroatoms. The Morgan fingerprint density at radius 2 is 2.04 bits per heavy atom. The SMILES string of the molecule is Cc1ccc2c(c1)sc1nc(-c3cc4cc(Br)ccc4oc3=O)cn12. The van der Waals surface area contributed by atoms with Crippen molar-refractivity contribution < 1.29 is 4.42 Å². The van der Waals surface area contributed by atoms with Gasteiger partial charge >= 0.3 is 5.63 Å². The Hall–Kier alpha value is -2.44. The molecule has 0 fully saturated rings. The lowest BCUT2D eigenvalue weighted by Crippen LogP contribution is -2.02. The minimum atomic E-state index is -0.374. The summed E-state index contributed by atoms with van der Waals surface area (Å²) in [7, 11) is 0. The summed E-state index contributed by atoms with van der Waals surface area (Å²) in [6.45, 7) is 2.08.